The molecule has 2 aliphatic heterocycles. The zero-order valence-electron chi connectivity index (χ0n) is 30.8. The second-order valence-electron chi connectivity index (χ2n) is 15.3. The van der Waals surface area contributed by atoms with Gasteiger partial charge in [0, 0.05) is 17.6 Å². The lowest BCUT2D eigenvalue weighted by atomic mass is 9.92. The van der Waals surface area contributed by atoms with Crippen LogP contribution < -0.4 is 10.6 Å². The number of nitrogens with zero attached hydrogens (tertiary/aromatic N) is 4. The third-order valence-corrected chi connectivity index (χ3v) is 12.3. The Kier molecular flexibility index (Phi) is 9.13. The Morgan fingerprint density at radius 3 is 1.63 bits per heavy atom. The van der Waals surface area contributed by atoms with Crippen LogP contribution in [0.3, 0.4) is 0 Å². The predicted molar refractivity (Wildman–Crippen MR) is 199 cm³/mol. The summed E-state index contributed by atoms with van der Waals surface area (Å²) in [5, 5.41) is 22.4. The van der Waals surface area contributed by atoms with Crippen molar-refractivity contribution < 1.29 is 29.4 Å². The number of rotatable bonds is 11. The van der Waals surface area contributed by atoms with Crippen LogP contribution in [-0.2, 0) is 9.59 Å². The molecular formula is C40H46N8O6. The maximum Gasteiger partial charge on any atom is 0.411 e. The Bertz CT molecular complexity index is 2130. The van der Waals surface area contributed by atoms with E-state index in [-0.39, 0.29) is 24.2 Å². The number of aromatic nitrogens is 4. The van der Waals surface area contributed by atoms with Crippen molar-refractivity contribution in [3.63, 3.8) is 0 Å². The molecule has 54 heavy (non-hydrogen) atoms. The number of piperidine rings is 2. The molecule has 0 bridgehead atoms. The molecule has 2 aromatic heterocycles. The average molecular weight is 735 g/mol. The average Bonchev–Trinajstić information content (AvgIpc) is 3.75. The zero-order valence-corrected chi connectivity index (χ0v) is 30.8. The van der Waals surface area contributed by atoms with Crippen molar-refractivity contribution in [2.75, 3.05) is 0 Å². The monoisotopic (exact) mass is 734 g/mol. The normalized spacial score (nSPS) is 25.4. The molecule has 4 aliphatic rings. The van der Waals surface area contributed by atoms with Crippen LogP contribution in [-0.4, -0.2) is 88.1 Å². The molecule has 14 nitrogen and oxygen atoms in total. The highest BCUT2D eigenvalue weighted by atomic mass is 16.4. The summed E-state index contributed by atoms with van der Waals surface area (Å²) in [7, 11) is 0. The lowest BCUT2D eigenvalue weighted by molar-refractivity contribution is -0.127. The Balaban J connectivity index is 0.980. The Hall–Kier alpha value is -5.34. The first-order valence-electron chi connectivity index (χ1n) is 18.9. The van der Waals surface area contributed by atoms with Crippen molar-refractivity contribution >= 4 is 24.0 Å². The van der Waals surface area contributed by atoms with Crippen LogP contribution >= 0.6 is 0 Å². The predicted octanol–water partition coefficient (Wildman–Crippen LogP) is 6.17. The summed E-state index contributed by atoms with van der Waals surface area (Å²) in [5.41, 5.74) is 8.30. The Morgan fingerprint density at radius 1 is 0.685 bits per heavy atom. The minimum absolute atomic E-state index is 0.0809. The summed E-state index contributed by atoms with van der Waals surface area (Å²) in [6.07, 6.45) is 5.83. The van der Waals surface area contributed by atoms with E-state index in [0.29, 0.717) is 24.7 Å². The maximum absolute atomic E-state index is 12.8. The molecule has 8 atom stereocenters. The number of imidazole rings is 2. The van der Waals surface area contributed by atoms with Gasteiger partial charge in [0.2, 0.25) is 11.8 Å². The van der Waals surface area contributed by atoms with Crippen molar-refractivity contribution in [2.45, 2.75) is 102 Å². The molecule has 14 heteroatoms. The third kappa shape index (κ3) is 6.36. The quantitative estimate of drug-likeness (QED) is 0.104. The molecule has 6 N–H and O–H groups in total. The number of amides is 4. The van der Waals surface area contributed by atoms with Gasteiger partial charge in [0.1, 0.15) is 11.6 Å². The van der Waals surface area contributed by atoms with Crippen LogP contribution in [0.4, 0.5) is 9.59 Å². The van der Waals surface area contributed by atoms with Gasteiger partial charge in [-0.05, 0) is 92.0 Å². The smallest absolute Gasteiger partial charge is 0.411 e. The summed E-state index contributed by atoms with van der Waals surface area (Å²) < 4.78 is 0. The van der Waals surface area contributed by atoms with Gasteiger partial charge < -0.3 is 20.2 Å². The molecule has 4 fully saturated rings. The van der Waals surface area contributed by atoms with Crippen LogP contribution in [0, 0.1) is 25.7 Å². The van der Waals surface area contributed by atoms with E-state index in [9.17, 15) is 19.2 Å². The van der Waals surface area contributed by atoms with Crippen LogP contribution in [0.1, 0.15) is 87.2 Å². The van der Waals surface area contributed by atoms with Gasteiger partial charge in [-0.15, -0.1) is 0 Å². The van der Waals surface area contributed by atoms with Crippen LogP contribution in [0.2, 0.25) is 0 Å². The van der Waals surface area contributed by atoms with Gasteiger partial charge in [-0.3, -0.25) is 30.0 Å². The second-order valence-corrected chi connectivity index (χ2v) is 15.3. The molecule has 2 saturated carbocycles. The van der Waals surface area contributed by atoms with Crippen LogP contribution in [0.5, 0.6) is 0 Å². The van der Waals surface area contributed by atoms with E-state index in [4.69, 9.17) is 20.2 Å². The Labute approximate surface area is 312 Å². The molecule has 4 amide bonds. The largest absolute Gasteiger partial charge is 0.465 e. The number of aromatic amines is 2. The van der Waals surface area contributed by atoms with Crippen LogP contribution in [0.15, 0.2) is 48.8 Å². The van der Waals surface area contributed by atoms with Gasteiger partial charge in [-0.1, -0.05) is 50.2 Å². The minimum atomic E-state index is -1.34. The topological polar surface area (TPSA) is 197 Å². The molecule has 2 saturated heterocycles. The number of benzene rings is 2. The first-order valence-corrected chi connectivity index (χ1v) is 18.9. The first-order chi connectivity index (χ1) is 26.0. The molecule has 2 aromatic carbocycles. The highest BCUT2D eigenvalue weighted by molar-refractivity contribution is 5.94. The summed E-state index contributed by atoms with van der Waals surface area (Å²) >= 11 is 0. The molecule has 0 radical (unpaired) electrons. The fraction of sp³-hybridized carbons (Fsp3) is 0.450. The van der Waals surface area contributed by atoms with Crippen molar-refractivity contribution in [2.24, 2.45) is 11.8 Å². The Morgan fingerprint density at radius 2 is 1.13 bits per heavy atom. The molecule has 2 aliphatic carbocycles. The lowest BCUT2D eigenvalue weighted by Gasteiger charge is -2.32. The maximum atomic E-state index is 12.8. The molecule has 4 aromatic rings. The van der Waals surface area contributed by atoms with Crippen molar-refractivity contribution in [3.05, 3.63) is 71.6 Å². The zero-order chi connectivity index (χ0) is 38.0. The summed E-state index contributed by atoms with van der Waals surface area (Å²) in [4.78, 5) is 68.9. The fourth-order valence-corrected chi connectivity index (χ4v) is 9.37. The number of hydrogen-bond acceptors (Lipinski definition) is 8. The van der Waals surface area contributed by atoms with Gasteiger partial charge in [-0.2, -0.15) is 0 Å². The number of hydrogen-bond donors (Lipinski definition) is 6. The first kappa shape index (κ1) is 35.7. The fourth-order valence-electron chi connectivity index (χ4n) is 9.37. The van der Waals surface area contributed by atoms with E-state index in [2.05, 4.69) is 80.6 Å². The van der Waals surface area contributed by atoms with Gasteiger partial charge in [-0.25, -0.2) is 19.6 Å². The van der Waals surface area contributed by atoms with E-state index in [1.54, 1.807) is 0 Å². The second kappa shape index (κ2) is 13.8. The molecule has 0 spiro atoms. The number of imide groups is 2. The van der Waals surface area contributed by atoms with Gasteiger partial charge in [0.25, 0.3) is 0 Å². The number of carbonyl (C=O) groups is 4. The van der Waals surface area contributed by atoms with Gasteiger partial charge in [0.05, 0.1) is 47.9 Å². The van der Waals surface area contributed by atoms with Crippen molar-refractivity contribution in [1.29, 1.82) is 0 Å². The van der Waals surface area contributed by atoms with Crippen molar-refractivity contribution in [1.82, 2.24) is 40.4 Å². The number of likely N-dealkylation sites (tertiary alicyclic amines) is 2. The lowest BCUT2D eigenvalue weighted by Crippen LogP contribution is -2.49. The number of carbonyl (C=O) groups excluding carboxylic acids is 2. The van der Waals surface area contributed by atoms with Gasteiger partial charge >= 0.3 is 12.2 Å². The summed E-state index contributed by atoms with van der Waals surface area (Å²) in [6, 6.07) is 11.9. The minimum Gasteiger partial charge on any atom is -0.465 e. The van der Waals surface area contributed by atoms with Crippen LogP contribution in [0.25, 0.3) is 33.6 Å². The summed E-state index contributed by atoms with van der Waals surface area (Å²) in [6.45, 7) is 8.05. The van der Waals surface area contributed by atoms with Crippen molar-refractivity contribution in [3.8, 4) is 33.6 Å². The number of fused-ring (bicyclic) bond motifs is 2. The van der Waals surface area contributed by atoms with E-state index in [1.807, 2.05) is 26.2 Å². The number of carboxylic acid groups (broad SMARTS) is 2. The highest BCUT2D eigenvalue weighted by Gasteiger charge is 2.57. The standard InChI is InChI=1S/C40H46N8O6/c1-5-29(37(49)45-39(51)52)47-31-13-23(31)15-33(47)35-41-17-27(43-35)22-9-7-21(8-10-22)25-11-12-26(20(4)19(25)3)28-18-42-36(44-28)34-16-24-14-32(24)48(34)30(6-2)38(50)46-40(53)54/h7-12,17-18,23-24,29-34H,5-6,13-16H2,1-4H3,(H,41,43)(H,42,44)(H,45,49)(H,46,50)(H,51,52)(H,53,54)/t23?,24-,29?,30+,31?,32-,33?,34+/m1/s1. The van der Waals surface area contributed by atoms with E-state index >= 15 is 0 Å². The highest BCUT2D eigenvalue weighted by Crippen LogP contribution is 2.55. The van der Waals surface area contributed by atoms with Gasteiger partial charge in [0.15, 0.2) is 0 Å². The van der Waals surface area contributed by atoms with E-state index < -0.39 is 36.1 Å². The third-order valence-electron chi connectivity index (χ3n) is 12.3. The van der Waals surface area contributed by atoms with E-state index in [0.717, 1.165) is 82.1 Å². The number of H-pyrrole nitrogens is 2. The molecule has 4 heterocycles. The number of nitrogens with one attached hydrogen (secondary N) is 4. The summed E-state index contributed by atoms with van der Waals surface area (Å²) in [5.74, 6) is 1.59. The molecule has 8 rings (SSSR count). The molecule has 282 valence electrons. The van der Waals surface area contributed by atoms with E-state index in [1.165, 1.54) is 0 Å². The molecule has 4 unspecified atom stereocenters. The SMILES string of the molecule is CCC(C(=O)NC(=O)O)N1C(c2ncc(-c3ccc(-c4ccc(-c5cnc([C@@H]6C[C@H]7C[C@H]7N6[C@@H](CC)C(=O)NC(=O)O)[nH]5)c(C)c4C)cc3)[nH]2)CC2CC21. The molecular weight excluding hydrogens is 688 g/mol.